The molecule has 3 aromatic carbocycles. The van der Waals surface area contributed by atoms with Crippen molar-refractivity contribution >= 4 is 11.8 Å². The van der Waals surface area contributed by atoms with Gasteiger partial charge in [0.1, 0.15) is 18.1 Å². The van der Waals surface area contributed by atoms with Crippen LogP contribution in [0.3, 0.4) is 0 Å². The van der Waals surface area contributed by atoms with Crippen molar-refractivity contribution in [1.82, 2.24) is 9.80 Å². The number of ether oxygens (including phenoxy) is 2. The molecule has 6 heteroatoms. The van der Waals surface area contributed by atoms with E-state index < -0.39 is 0 Å². The normalized spacial score (nSPS) is 16.8. The molecular weight excluding hydrogens is 452 g/mol. The lowest BCUT2D eigenvalue weighted by atomic mass is 10.0. The summed E-state index contributed by atoms with van der Waals surface area (Å²) in [6.45, 7) is 4.09. The highest BCUT2D eigenvalue weighted by Gasteiger charge is 2.28. The zero-order valence-electron chi connectivity index (χ0n) is 21.1. The molecule has 0 aromatic heterocycles. The summed E-state index contributed by atoms with van der Waals surface area (Å²) in [4.78, 5) is 30.9. The largest absolute Gasteiger partial charge is 0.497 e. The molecule has 0 saturated carbocycles. The van der Waals surface area contributed by atoms with Gasteiger partial charge in [-0.1, -0.05) is 48.5 Å². The van der Waals surface area contributed by atoms with E-state index in [4.69, 9.17) is 9.47 Å². The molecule has 0 fully saturated rings. The van der Waals surface area contributed by atoms with Crippen molar-refractivity contribution in [3.8, 4) is 11.5 Å². The zero-order chi connectivity index (χ0) is 25.3. The molecule has 0 aliphatic carbocycles. The number of fused-ring (bicyclic) bond motifs is 1. The highest BCUT2D eigenvalue weighted by Crippen LogP contribution is 2.24. The Kier molecular flexibility index (Phi) is 8.61. The van der Waals surface area contributed by atoms with Gasteiger partial charge in [0.2, 0.25) is 0 Å². The van der Waals surface area contributed by atoms with E-state index in [1.807, 2.05) is 77.4 Å². The first kappa shape index (κ1) is 25.3. The standard InChI is InChI=1S/C30H34N2O4/c1-3-31-18-9-10-19-32(29(33)24-14-11-15-26(21-24)35-2)25(20-23-12-5-4-6-13-23)22-36-28-17-8-7-16-27(28)30(31)34/h4-8,11-17,21,25H,3,9-10,18-20,22H2,1-2H3/t25-/m1/s1. The molecule has 0 radical (unpaired) electrons. The molecule has 36 heavy (non-hydrogen) atoms. The zero-order valence-corrected chi connectivity index (χ0v) is 21.1. The first-order valence-electron chi connectivity index (χ1n) is 12.6. The Bertz CT molecular complexity index is 1160. The Morgan fingerprint density at radius 3 is 2.50 bits per heavy atom. The minimum absolute atomic E-state index is 0.0161. The van der Waals surface area contributed by atoms with Gasteiger partial charge < -0.3 is 19.3 Å². The van der Waals surface area contributed by atoms with Crippen molar-refractivity contribution in [3.63, 3.8) is 0 Å². The smallest absolute Gasteiger partial charge is 0.257 e. The number of amides is 2. The molecule has 1 aliphatic rings. The summed E-state index contributed by atoms with van der Waals surface area (Å²) in [5.41, 5.74) is 2.28. The Hall–Kier alpha value is -3.80. The first-order chi connectivity index (χ1) is 17.6. The van der Waals surface area contributed by atoms with Gasteiger partial charge in [-0.25, -0.2) is 0 Å². The molecule has 0 bridgehead atoms. The van der Waals surface area contributed by atoms with Crippen LogP contribution in [0.1, 0.15) is 46.0 Å². The SMILES string of the molecule is CCN1CCCCN(C(=O)c2cccc(OC)c2)[C@H](Cc2ccccc2)COc2ccccc2C1=O. The van der Waals surface area contributed by atoms with Gasteiger partial charge >= 0.3 is 0 Å². The van der Waals surface area contributed by atoms with Crippen LogP contribution < -0.4 is 9.47 Å². The van der Waals surface area contributed by atoms with Gasteiger partial charge in [-0.05, 0) is 62.1 Å². The van der Waals surface area contributed by atoms with Gasteiger partial charge in [0.15, 0.2) is 0 Å². The molecule has 1 heterocycles. The first-order valence-corrected chi connectivity index (χ1v) is 12.6. The average Bonchev–Trinajstić information content (AvgIpc) is 2.93. The molecule has 6 nitrogen and oxygen atoms in total. The monoisotopic (exact) mass is 486 g/mol. The summed E-state index contributed by atoms with van der Waals surface area (Å²) in [7, 11) is 1.60. The minimum atomic E-state index is -0.212. The van der Waals surface area contributed by atoms with E-state index in [1.54, 1.807) is 13.2 Å². The van der Waals surface area contributed by atoms with Gasteiger partial charge in [-0.2, -0.15) is 0 Å². The van der Waals surface area contributed by atoms with Gasteiger partial charge in [0.05, 0.1) is 18.7 Å². The summed E-state index contributed by atoms with van der Waals surface area (Å²) in [5, 5.41) is 0. The fourth-order valence-electron chi connectivity index (χ4n) is 4.63. The molecule has 188 valence electrons. The lowest BCUT2D eigenvalue weighted by molar-refractivity contribution is 0.0586. The van der Waals surface area contributed by atoms with E-state index in [0.29, 0.717) is 48.7 Å². The predicted octanol–water partition coefficient (Wildman–Crippen LogP) is 5.08. The van der Waals surface area contributed by atoms with Crippen LogP contribution in [0.2, 0.25) is 0 Å². The quantitative estimate of drug-likeness (QED) is 0.505. The average molecular weight is 487 g/mol. The van der Waals surface area contributed by atoms with Gasteiger partial charge in [0.25, 0.3) is 11.8 Å². The number of hydrogen-bond acceptors (Lipinski definition) is 4. The van der Waals surface area contributed by atoms with E-state index in [2.05, 4.69) is 12.1 Å². The third-order valence-corrected chi connectivity index (χ3v) is 6.63. The van der Waals surface area contributed by atoms with E-state index in [0.717, 1.165) is 18.4 Å². The Morgan fingerprint density at radius 2 is 1.72 bits per heavy atom. The minimum Gasteiger partial charge on any atom is -0.497 e. The van der Waals surface area contributed by atoms with Gasteiger partial charge in [-0.15, -0.1) is 0 Å². The molecule has 1 atom stereocenters. The second-order valence-corrected chi connectivity index (χ2v) is 8.97. The third kappa shape index (κ3) is 6.06. The summed E-state index contributed by atoms with van der Waals surface area (Å²) in [6.07, 6.45) is 2.24. The lowest BCUT2D eigenvalue weighted by Gasteiger charge is -2.33. The van der Waals surface area contributed by atoms with Crippen molar-refractivity contribution in [2.75, 3.05) is 33.4 Å². The molecule has 4 rings (SSSR count). The number of benzene rings is 3. The number of methoxy groups -OCH3 is 1. The fraction of sp³-hybridized carbons (Fsp3) is 0.333. The molecule has 2 amide bonds. The van der Waals surface area contributed by atoms with Crippen LogP contribution in [0.5, 0.6) is 11.5 Å². The van der Waals surface area contributed by atoms with Gasteiger partial charge in [-0.3, -0.25) is 9.59 Å². The van der Waals surface area contributed by atoms with Gasteiger partial charge in [0, 0.05) is 25.2 Å². The molecule has 0 N–H and O–H groups in total. The summed E-state index contributed by atoms with van der Waals surface area (Å²) < 4.78 is 11.7. The molecular formula is C30H34N2O4. The second-order valence-electron chi connectivity index (χ2n) is 8.97. The van der Waals surface area contributed by atoms with E-state index in [-0.39, 0.29) is 24.5 Å². The molecule has 0 spiro atoms. The Labute approximate surface area is 213 Å². The Balaban J connectivity index is 1.70. The topological polar surface area (TPSA) is 59.1 Å². The van der Waals surface area contributed by atoms with Crippen LogP contribution in [0.25, 0.3) is 0 Å². The highest BCUT2D eigenvalue weighted by atomic mass is 16.5. The van der Waals surface area contributed by atoms with Crippen molar-refractivity contribution in [2.24, 2.45) is 0 Å². The van der Waals surface area contributed by atoms with Crippen LogP contribution in [-0.2, 0) is 6.42 Å². The Morgan fingerprint density at radius 1 is 0.972 bits per heavy atom. The summed E-state index contributed by atoms with van der Waals surface area (Å²) in [6, 6.07) is 24.6. The number of hydrogen-bond donors (Lipinski definition) is 0. The summed E-state index contributed by atoms with van der Waals surface area (Å²) in [5.74, 6) is 1.13. The fourth-order valence-corrected chi connectivity index (χ4v) is 4.63. The van der Waals surface area contributed by atoms with Crippen LogP contribution in [0.15, 0.2) is 78.9 Å². The predicted molar refractivity (Wildman–Crippen MR) is 141 cm³/mol. The highest BCUT2D eigenvalue weighted by molar-refractivity contribution is 5.97. The van der Waals surface area contributed by atoms with E-state index >= 15 is 0 Å². The number of carbonyl (C=O) groups excluding carboxylic acids is 2. The molecule has 3 aromatic rings. The number of nitrogens with zero attached hydrogens (tertiary/aromatic N) is 2. The van der Waals surface area contributed by atoms with Crippen molar-refractivity contribution < 1.29 is 19.1 Å². The molecule has 0 saturated heterocycles. The maximum absolute atomic E-state index is 13.9. The van der Waals surface area contributed by atoms with E-state index in [9.17, 15) is 9.59 Å². The lowest BCUT2D eigenvalue weighted by Crippen LogP contribution is -2.46. The van der Waals surface area contributed by atoms with E-state index in [1.165, 1.54) is 0 Å². The van der Waals surface area contributed by atoms with Crippen molar-refractivity contribution in [1.29, 1.82) is 0 Å². The third-order valence-electron chi connectivity index (χ3n) is 6.63. The number of rotatable bonds is 5. The maximum atomic E-state index is 13.9. The summed E-state index contributed by atoms with van der Waals surface area (Å²) >= 11 is 0. The molecule has 1 aliphatic heterocycles. The van der Waals surface area contributed by atoms with Crippen LogP contribution in [0, 0.1) is 0 Å². The van der Waals surface area contributed by atoms with Crippen molar-refractivity contribution in [3.05, 3.63) is 95.6 Å². The van der Waals surface area contributed by atoms with Crippen LogP contribution in [0.4, 0.5) is 0 Å². The number of para-hydroxylation sites is 1. The molecule has 0 unspecified atom stereocenters. The van der Waals surface area contributed by atoms with Crippen molar-refractivity contribution in [2.45, 2.75) is 32.2 Å². The number of carbonyl (C=O) groups is 2. The van der Waals surface area contributed by atoms with Crippen LogP contribution >= 0.6 is 0 Å². The van der Waals surface area contributed by atoms with Crippen LogP contribution in [-0.4, -0.2) is 61.0 Å². The second kappa shape index (κ2) is 12.2. The maximum Gasteiger partial charge on any atom is 0.257 e.